The van der Waals surface area contributed by atoms with Gasteiger partial charge in [0.15, 0.2) is 0 Å². The van der Waals surface area contributed by atoms with E-state index < -0.39 is 0 Å². The molecule has 0 fully saturated rings. The van der Waals surface area contributed by atoms with Gasteiger partial charge < -0.3 is 15.0 Å². The third kappa shape index (κ3) is 4.56. The summed E-state index contributed by atoms with van der Waals surface area (Å²) in [5.41, 5.74) is 1.09. The maximum atomic E-state index is 11.6. The largest absolute Gasteiger partial charge is 0.496 e. The summed E-state index contributed by atoms with van der Waals surface area (Å²) >= 11 is 0. The standard InChI is InChI=1S/C15H24N2O2/c1-5-8-15(18)16-11-13(17(2)3)12-9-6-7-10-14(12)19-4/h6-7,9-10,13H,5,8,11H2,1-4H3,(H,16,18)/t13-/m0/s1. The van der Waals surface area contributed by atoms with Crippen LogP contribution in [-0.2, 0) is 4.79 Å². The fraction of sp³-hybridized carbons (Fsp3) is 0.533. The molecule has 0 aromatic heterocycles. The van der Waals surface area contributed by atoms with Gasteiger partial charge in [-0.25, -0.2) is 0 Å². The van der Waals surface area contributed by atoms with Crippen molar-refractivity contribution in [2.45, 2.75) is 25.8 Å². The highest BCUT2D eigenvalue weighted by Gasteiger charge is 2.18. The van der Waals surface area contributed by atoms with Gasteiger partial charge in [0, 0.05) is 18.5 Å². The summed E-state index contributed by atoms with van der Waals surface area (Å²) in [6.07, 6.45) is 1.44. The summed E-state index contributed by atoms with van der Waals surface area (Å²) in [7, 11) is 5.67. The molecule has 0 saturated carbocycles. The Morgan fingerprint density at radius 1 is 1.37 bits per heavy atom. The molecule has 0 unspecified atom stereocenters. The summed E-state index contributed by atoms with van der Waals surface area (Å²) < 4.78 is 5.39. The number of nitrogens with one attached hydrogen (secondary N) is 1. The molecule has 1 N–H and O–H groups in total. The van der Waals surface area contributed by atoms with Crippen molar-refractivity contribution in [1.29, 1.82) is 0 Å². The fourth-order valence-electron chi connectivity index (χ4n) is 2.04. The van der Waals surface area contributed by atoms with Crippen molar-refractivity contribution in [3.05, 3.63) is 29.8 Å². The topological polar surface area (TPSA) is 41.6 Å². The highest BCUT2D eigenvalue weighted by molar-refractivity contribution is 5.75. The van der Waals surface area contributed by atoms with Crippen molar-refractivity contribution < 1.29 is 9.53 Å². The molecule has 1 aromatic rings. The van der Waals surface area contributed by atoms with Crippen LogP contribution in [0.15, 0.2) is 24.3 Å². The van der Waals surface area contributed by atoms with Gasteiger partial charge >= 0.3 is 0 Å². The van der Waals surface area contributed by atoms with Gasteiger partial charge in [0.05, 0.1) is 13.2 Å². The van der Waals surface area contributed by atoms with E-state index in [9.17, 15) is 4.79 Å². The number of ether oxygens (including phenoxy) is 1. The minimum Gasteiger partial charge on any atom is -0.496 e. The number of methoxy groups -OCH3 is 1. The van der Waals surface area contributed by atoms with Crippen LogP contribution in [0.1, 0.15) is 31.4 Å². The van der Waals surface area contributed by atoms with Crippen LogP contribution in [-0.4, -0.2) is 38.6 Å². The van der Waals surface area contributed by atoms with E-state index in [-0.39, 0.29) is 11.9 Å². The molecular weight excluding hydrogens is 240 g/mol. The lowest BCUT2D eigenvalue weighted by atomic mass is 10.0. The van der Waals surface area contributed by atoms with E-state index in [0.717, 1.165) is 17.7 Å². The Hall–Kier alpha value is -1.55. The zero-order chi connectivity index (χ0) is 14.3. The number of likely N-dealkylation sites (N-methyl/N-ethyl adjacent to an activating group) is 1. The quantitative estimate of drug-likeness (QED) is 0.821. The van der Waals surface area contributed by atoms with E-state index in [1.54, 1.807) is 7.11 Å². The van der Waals surface area contributed by atoms with Gasteiger partial charge in [-0.05, 0) is 26.6 Å². The van der Waals surface area contributed by atoms with Gasteiger partial charge in [-0.15, -0.1) is 0 Å². The Labute approximate surface area is 115 Å². The number of benzene rings is 1. The van der Waals surface area contributed by atoms with Crippen molar-refractivity contribution in [3.63, 3.8) is 0 Å². The number of hydrogen-bond donors (Lipinski definition) is 1. The monoisotopic (exact) mass is 264 g/mol. The first-order chi connectivity index (χ1) is 9.10. The molecule has 0 aliphatic heterocycles. The number of rotatable bonds is 7. The van der Waals surface area contributed by atoms with E-state index in [0.29, 0.717) is 13.0 Å². The van der Waals surface area contributed by atoms with Crippen molar-refractivity contribution >= 4 is 5.91 Å². The first-order valence-electron chi connectivity index (χ1n) is 6.66. The molecule has 0 spiro atoms. The molecule has 0 aliphatic rings. The van der Waals surface area contributed by atoms with E-state index in [1.807, 2.05) is 45.3 Å². The van der Waals surface area contributed by atoms with Crippen molar-refractivity contribution in [1.82, 2.24) is 10.2 Å². The van der Waals surface area contributed by atoms with Gasteiger partial charge in [0.2, 0.25) is 5.91 Å². The molecule has 0 saturated heterocycles. The Morgan fingerprint density at radius 3 is 2.63 bits per heavy atom. The van der Waals surface area contributed by atoms with Crippen LogP contribution in [0.25, 0.3) is 0 Å². The maximum absolute atomic E-state index is 11.6. The average molecular weight is 264 g/mol. The third-order valence-electron chi connectivity index (χ3n) is 3.09. The molecule has 0 radical (unpaired) electrons. The predicted octanol–water partition coefficient (Wildman–Crippen LogP) is 2.21. The number of hydrogen-bond acceptors (Lipinski definition) is 3. The molecule has 1 rings (SSSR count). The average Bonchev–Trinajstić information content (AvgIpc) is 2.39. The Kier molecular flexibility index (Phi) is 6.36. The molecular formula is C15H24N2O2. The first kappa shape index (κ1) is 15.5. The summed E-state index contributed by atoms with van der Waals surface area (Å²) in [5, 5.41) is 2.98. The third-order valence-corrected chi connectivity index (χ3v) is 3.09. The maximum Gasteiger partial charge on any atom is 0.220 e. The van der Waals surface area contributed by atoms with Crippen LogP contribution in [0.2, 0.25) is 0 Å². The van der Waals surface area contributed by atoms with Crippen LogP contribution in [0.3, 0.4) is 0 Å². The van der Waals surface area contributed by atoms with Crippen LogP contribution >= 0.6 is 0 Å². The SMILES string of the molecule is CCCC(=O)NC[C@@H](c1ccccc1OC)N(C)C. The zero-order valence-corrected chi connectivity index (χ0v) is 12.3. The number of nitrogens with zero attached hydrogens (tertiary/aromatic N) is 1. The molecule has 0 heterocycles. The summed E-state index contributed by atoms with van der Waals surface area (Å²) in [6, 6.07) is 8.03. The second-order valence-corrected chi connectivity index (χ2v) is 4.78. The second kappa shape index (κ2) is 7.79. The molecule has 1 aromatic carbocycles. The Morgan fingerprint density at radius 2 is 2.05 bits per heavy atom. The van der Waals surface area contributed by atoms with Crippen molar-refractivity contribution in [2.75, 3.05) is 27.7 Å². The highest BCUT2D eigenvalue weighted by Crippen LogP contribution is 2.27. The van der Waals surface area contributed by atoms with Crippen LogP contribution in [0, 0.1) is 0 Å². The highest BCUT2D eigenvalue weighted by atomic mass is 16.5. The molecule has 4 nitrogen and oxygen atoms in total. The minimum absolute atomic E-state index is 0.101. The van der Waals surface area contributed by atoms with Gasteiger partial charge in [-0.3, -0.25) is 4.79 Å². The van der Waals surface area contributed by atoms with Gasteiger partial charge in [-0.1, -0.05) is 25.1 Å². The minimum atomic E-state index is 0.101. The summed E-state index contributed by atoms with van der Waals surface area (Å²) in [4.78, 5) is 13.7. The van der Waals surface area contributed by atoms with E-state index in [2.05, 4.69) is 10.2 Å². The summed E-state index contributed by atoms with van der Waals surface area (Å²) in [5.74, 6) is 0.954. The fourth-order valence-corrected chi connectivity index (χ4v) is 2.04. The van der Waals surface area contributed by atoms with Gasteiger partial charge in [0.1, 0.15) is 5.75 Å². The van der Waals surface area contributed by atoms with Crippen LogP contribution in [0.4, 0.5) is 0 Å². The number of carbonyl (C=O) groups excluding carboxylic acids is 1. The molecule has 106 valence electrons. The number of amides is 1. The lowest BCUT2D eigenvalue weighted by molar-refractivity contribution is -0.121. The van der Waals surface area contributed by atoms with Crippen molar-refractivity contribution in [3.8, 4) is 5.75 Å². The van der Waals surface area contributed by atoms with Gasteiger partial charge in [-0.2, -0.15) is 0 Å². The summed E-state index contributed by atoms with van der Waals surface area (Å²) in [6.45, 7) is 2.59. The van der Waals surface area contributed by atoms with Crippen LogP contribution in [0.5, 0.6) is 5.75 Å². The normalized spacial score (nSPS) is 12.3. The molecule has 4 heteroatoms. The predicted molar refractivity (Wildman–Crippen MR) is 77.3 cm³/mol. The van der Waals surface area contributed by atoms with Gasteiger partial charge in [0.25, 0.3) is 0 Å². The Balaban J connectivity index is 2.80. The second-order valence-electron chi connectivity index (χ2n) is 4.78. The number of carbonyl (C=O) groups is 1. The van der Waals surface area contributed by atoms with E-state index in [1.165, 1.54) is 0 Å². The first-order valence-corrected chi connectivity index (χ1v) is 6.66. The molecule has 1 amide bonds. The zero-order valence-electron chi connectivity index (χ0n) is 12.3. The smallest absolute Gasteiger partial charge is 0.220 e. The van der Waals surface area contributed by atoms with Crippen molar-refractivity contribution in [2.24, 2.45) is 0 Å². The lowest BCUT2D eigenvalue weighted by Crippen LogP contribution is -2.34. The van der Waals surface area contributed by atoms with Crippen LogP contribution < -0.4 is 10.1 Å². The molecule has 19 heavy (non-hydrogen) atoms. The Bertz CT molecular complexity index is 405. The van der Waals surface area contributed by atoms with E-state index in [4.69, 9.17) is 4.74 Å². The lowest BCUT2D eigenvalue weighted by Gasteiger charge is -2.26. The molecule has 0 aliphatic carbocycles. The van der Waals surface area contributed by atoms with E-state index >= 15 is 0 Å². The number of para-hydroxylation sites is 1. The molecule has 1 atom stereocenters. The molecule has 0 bridgehead atoms.